The zero-order valence-corrected chi connectivity index (χ0v) is 15.4. The summed E-state index contributed by atoms with van der Waals surface area (Å²) < 4.78 is 0. The third kappa shape index (κ3) is 5.54. The third-order valence-electron chi connectivity index (χ3n) is 4.19. The Bertz CT molecular complexity index is 766. The van der Waals surface area contributed by atoms with Gasteiger partial charge in [0.1, 0.15) is 0 Å². The molecule has 0 unspecified atom stereocenters. The maximum Gasteiger partial charge on any atom is 0.224 e. The van der Waals surface area contributed by atoms with Crippen LogP contribution in [0.2, 0.25) is 0 Å². The number of hydrogen-bond donors (Lipinski definition) is 1. The Morgan fingerprint density at radius 3 is 2.36 bits per heavy atom. The van der Waals surface area contributed by atoms with E-state index in [-0.39, 0.29) is 24.5 Å². The number of carbonyl (C=O) groups excluding carboxylic acids is 2. The van der Waals surface area contributed by atoms with E-state index in [4.69, 9.17) is 0 Å². The van der Waals surface area contributed by atoms with Gasteiger partial charge in [-0.05, 0) is 56.8 Å². The molecule has 0 saturated carbocycles. The first-order valence-electron chi connectivity index (χ1n) is 8.49. The first-order chi connectivity index (χ1) is 11.9. The molecule has 0 aromatic heterocycles. The molecule has 0 aliphatic rings. The van der Waals surface area contributed by atoms with Crippen molar-refractivity contribution >= 4 is 17.4 Å². The normalized spacial score (nSPS) is 10.8. The standard InChI is InChI=1S/C21H26N2O2/c1-15-9-10-17(13-16(15)2)20(24)11-12-21(25)22-19-8-6-5-7-18(19)14-23(3)4/h5-10,13H,11-12,14H2,1-4H3,(H,22,25). The molecule has 2 rings (SSSR count). The van der Waals surface area contributed by atoms with Gasteiger partial charge in [-0.1, -0.05) is 30.3 Å². The van der Waals surface area contributed by atoms with Crippen molar-refractivity contribution in [3.05, 3.63) is 64.7 Å². The summed E-state index contributed by atoms with van der Waals surface area (Å²) >= 11 is 0. The van der Waals surface area contributed by atoms with Crippen LogP contribution in [0.3, 0.4) is 0 Å². The highest BCUT2D eigenvalue weighted by molar-refractivity contribution is 6.00. The Balaban J connectivity index is 1.94. The highest BCUT2D eigenvalue weighted by Crippen LogP contribution is 2.17. The Kier molecular flexibility index (Phi) is 6.48. The number of Topliss-reactive ketones (excluding diaryl/α,β-unsaturated/α-hetero) is 1. The Morgan fingerprint density at radius 2 is 1.68 bits per heavy atom. The number of aryl methyl sites for hydroxylation is 2. The van der Waals surface area contributed by atoms with Crippen LogP contribution in [0.15, 0.2) is 42.5 Å². The van der Waals surface area contributed by atoms with Gasteiger partial charge in [-0.15, -0.1) is 0 Å². The van der Waals surface area contributed by atoms with Crippen LogP contribution in [-0.2, 0) is 11.3 Å². The number of anilines is 1. The molecule has 0 aliphatic carbocycles. The van der Waals surface area contributed by atoms with Gasteiger partial charge in [0.05, 0.1) is 0 Å². The largest absolute Gasteiger partial charge is 0.326 e. The lowest BCUT2D eigenvalue weighted by molar-refractivity contribution is -0.116. The van der Waals surface area contributed by atoms with Crippen LogP contribution >= 0.6 is 0 Å². The summed E-state index contributed by atoms with van der Waals surface area (Å²) in [6.07, 6.45) is 0.395. The van der Waals surface area contributed by atoms with Crippen molar-refractivity contribution in [2.45, 2.75) is 33.2 Å². The van der Waals surface area contributed by atoms with Crippen LogP contribution in [0.5, 0.6) is 0 Å². The van der Waals surface area contributed by atoms with E-state index < -0.39 is 0 Å². The molecular formula is C21H26N2O2. The molecule has 0 bridgehead atoms. The van der Waals surface area contributed by atoms with Crippen molar-refractivity contribution in [1.82, 2.24) is 4.90 Å². The van der Waals surface area contributed by atoms with Crippen LogP contribution in [0.25, 0.3) is 0 Å². The second-order valence-electron chi connectivity index (χ2n) is 6.67. The summed E-state index contributed by atoms with van der Waals surface area (Å²) in [5.41, 5.74) is 4.78. The third-order valence-corrected chi connectivity index (χ3v) is 4.19. The van der Waals surface area contributed by atoms with E-state index in [2.05, 4.69) is 5.32 Å². The average molecular weight is 338 g/mol. The number of nitrogens with one attached hydrogen (secondary N) is 1. The van der Waals surface area contributed by atoms with E-state index in [1.165, 1.54) is 0 Å². The predicted octanol–water partition coefficient (Wildman–Crippen LogP) is 3.97. The van der Waals surface area contributed by atoms with Crippen LogP contribution < -0.4 is 5.32 Å². The highest BCUT2D eigenvalue weighted by atomic mass is 16.2. The summed E-state index contributed by atoms with van der Waals surface area (Å²) in [7, 11) is 3.97. The number of carbonyl (C=O) groups is 2. The average Bonchev–Trinajstić information content (AvgIpc) is 2.56. The smallest absolute Gasteiger partial charge is 0.224 e. The fourth-order valence-electron chi connectivity index (χ4n) is 2.62. The van der Waals surface area contributed by atoms with Gasteiger partial charge in [0, 0.05) is 30.6 Å². The predicted molar refractivity (Wildman–Crippen MR) is 102 cm³/mol. The molecule has 0 atom stereocenters. The number of ketones is 1. The molecule has 25 heavy (non-hydrogen) atoms. The number of benzene rings is 2. The summed E-state index contributed by atoms with van der Waals surface area (Å²) in [6, 6.07) is 13.4. The molecule has 1 amide bonds. The lowest BCUT2D eigenvalue weighted by Gasteiger charge is -2.14. The molecule has 0 fully saturated rings. The first-order valence-corrected chi connectivity index (χ1v) is 8.49. The first kappa shape index (κ1) is 18.9. The second-order valence-corrected chi connectivity index (χ2v) is 6.67. The van der Waals surface area contributed by atoms with Gasteiger partial charge in [-0.25, -0.2) is 0 Å². The van der Waals surface area contributed by atoms with E-state index in [9.17, 15) is 9.59 Å². The molecule has 4 nitrogen and oxygen atoms in total. The number of rotatable bonds is 7. The Morgan fingerprint density at radius 1 is 0.960 bits per heavy atom. The quantitative estimate of drug-likeness (QED) is 0.777. The molecule has 4 heteroatoms. The fourth-order valence-corrected chi connectivity index (χ4v) is 2.62. The lowest BCUT2D eigenvalue weighted by atomic mass is 10.0. The fraction of sp³-hybridized carbons (Fsp3) is 0.333. The van der Waals surface area contributed by atoms with Crippen molar-refractivity contribution < 1.29 is 9.59 Å². The van der Waals surface area contributed by atoms with E-state index in [1.54, 1.807) is 0 Å². The summed E-state index contributed by atoms with van der Waals surface area (Å²) in [5.74, 6) is -0.136. The monoisotopic (exact) mass is 338 g/mol. The minimum atomic E-state index is -0.136. The molecule has 2 aromatic carbocycles. The van der Waals surface area contributed by atoms with E-state index in [0.29, 0.717) is 5.56 Å². The van der Waals surface area contributed by atoms with E-state index >= 15 is 0 Å². The maximum atomic E-state index is 12.3. The number of amides is 1. The van der Waals surface area contributed by atoms with Crippen molar-refractivity contribution in [1.29, 1.82) is 0 Å². The maximum absolute atomic E-state index is 12.3. The van der Waals surface area contributed by atoms with Gasteiger partial charge >= 0.3 is 0 Å². The molecule has 0 aliphatic heterocycles. The SMILES string of the molecule is Cc1ccc(C(=O)CCC(=O)Nc2ccccc2CN(C)C)cc1C. The minimum absolute atomic E-state index is 0.000160. The van der Waals surface area contributed by atoms with Crippen LogP contribution in [0.1, 0.15) is 39.9 Å². The van der Waals surface area contributed by atoms with Crippen molar-refractivity contribution in [3.8, 4) is 0 Å². The zero-order chi connectivity index (χ0) is 18.4. The summed E-state index contributed by atoms with van der Waals surface area (Å²) in [5, 5.41) is 2.93. The Labute approximate surface area is 149 Å². The summed E-state index contributed by atoms with van der Waals surface area (Å²) in [6.45, 7) is 4.75. The molecule has 0 saturated heterocycles. The van der Waals surface area contributed by atoms with Gasteiger partial charge in [-0.2, -0.15) is 0 Å². The van der Waals surface area contributed by atoms with Crippen LogP contribution in [-0.4, -0.2) is 30.7 Å². The van der Waals surface area contributed by atoms with Crippen LogP contribution in [0, 0.1) is 13.8 Å². The molecule has 0 spiro atoms. The molecule has 1 N–H and O–H groups in total. The highest BCUT2D eigenvalue weighted by Gasteiger charge is 2.12. The topological polar surface area (TPSA) is 49.4 Å². The van der Waals surface area contributed by atoms with Crippen molar-refractivity contribution in [2.75, 3.05) is 19.4 Å². The molecule has 0 heterocycles. The van der Waals surface area contributed by atoms with Gasteiger partial charge in [0.15, 0.2) is 5.78 Å². The van der Waals surface area contributed by atoms with Gasteiger partial charge in [0.2, 0.25) is 5.91 Å². The molecule has 0 radical (unpaired) electrons. The Hall–Kier alpha value is -2.46. The minimum Gasteiger partial charge on any atom is -0.326 e. The molecule has 132 valence electrons. The molecule has 2 aromatic rings. The number of nitrogens with zero attached hydrogens (tertiary/aromatic N) is 1. The van der Waals surface area contributed by atoms with Crippen molar-refractivity contribution in [3.63, 3.8) is 0 Å². The van der Waals surface area contributed by atoms with Gasteiger partial charge in [-0.3, -0.25) is 9.59 Å². The van der Waals surface area contributed by atoms with Crippen LogP contribution in [0.4, 0.5) is 5.69 Å². The van der Waals surface area contributed by atoms with E-state index in [1.807, 2.05) is 75.3 Å². The van der Waals surface area contributed by atoms with Gasteiger partial charge in [0.25, 0.3) is 0 Å². The molecular weight excluding hydrogens is 312 g/mol. The number of para-hydroxylation sites is 1. The van der Waals surface area contributed by atoms with Gasteiger partial charge < -0.3 is 10.2 Å². The second kappa shape index (κ2) is 8.58. The lowest BCUT2D eigenvalue weighted by Crippen LogP contribution is -2.17. The van der Waals surface area contributed by atoms with Crippen molar-refractivity contribution in [2.24, 2.45) is 0 Å². The van der Waals surface area contributed by atoms with E-state index in [0.717, 1.165) is 28.9 Å². The summed E-state index contributed by atoms with van der Waals surface area (Å²) in [4.78, 5) is 26.6. The number of hydrogen-bond acceptors (Lipinski definition) is 3. The zero-order valence-electron chi connectivity index (χ0n) is 15.4.